The second-order valence-electron chi connectivity index (χ2n) is 7.61. The van der Waals surface area contributed by atoms with Gasteiger partial charge in [0.05, 0.1) is 0 Å². The summed E-state index contributed by atoms with van der Waals surface area (Å²) in [5.41, 5.74) is 2.69. The number of nitrogens with one attached hydrogen (secondary N) is 2. The summed E-state index contributed by atoms with van der Waals surface area (Å²) in [7, 11) is 0. The van der Waals surface area contributed by atoms with E-state index >= 15 is 0 Å². The standard InChI is InChI=1S/C23H41N5O.HI/c1-4-24-23(25-12-6-7-19-29-5-2)26-13-9-14-27-15-17-28(18-16-27)22-11-8-10-21(3)20-22;/h8,10-11,20H,4-7,9,12-19H2,1-3H3,(H2,24,25,26);1H. The van der Waals surface area contributed by atoms with Crippen LogP contribution in [0.25, 0.3) is 0 Å². The lowest BCUT2D eigenvalue weighted by Crippen LogP contribution is -2.46. The number of guanidine groups is 1. The lowest BCUT2D eigenvalue weighted by atomic mass is 10.2. The molecule has 1 aliphatic heterocycles. The fraction of sp³-hybridized carbons (Fsp3) is 0.696. The molecule has 2 rings (SSSR count). The first-order valence-corrected chi connectivity index (χ1v) is 11.4. The van der Waals surface area contributed by atoms with Gasteiger partial charge in [-0.15, -0.1) is 24.0 Å². The van der Waals surface area contributed by atoms with E-state index in [0.29, 0.717) is 0 Å². The van der Waals surface area contributed by atoms with E-state index in [-0.39, 0.29) is 24.0 Å². The molecule has 0 spiro atoms. The molecule has 1 fully saturated rings. The molecule has 6 nitrogen and oxygen atoms in total. The van der Waals surface area contributed by atoms with Crippen molar-refractivity contribution in [2.75, 3.05) is 70.5 Å². The zero-order chi connectivity index (χ0) is 20.7. The second-order valence-corrected chi connectivity index (χ2v) is 7.61. The number of halogens is 1. The molecule has 0 atom stereocenters. The van der Waals surface area contributed by atoms with Crippen molar-refractivity contribution >= 4 is 35.6 Å². The van der Waals surface area contributed by atoms with Crippen LogP contribution in [0.3, 0.4) is 0 Å². The highest BCUT2D eigenvalue weighted by Crippen LogP contribution is 2.17. The average molecular weight is 532 g/mol. The number of ether oxygens (including phenoxy) is 1. The van der Waals surface area contributed by atoms with E-state index in [9.17, 15) is 0 Å². The average Bonchev–Trinajstić information content (AvgIpc) is 2.74. The number of aliphatic imine (C=N–C) groups is 1. The first-order valence-electron chi connectivity index (χ1n) is 11.4. The molecule has 30 heavy (non-hydrogen) atoms. The molecule has 1 heterocycles. The molecule has 0 bridgehead atoms. The maximum atomic E-state index is 5.38. The van der Waals surface area contributed by atoms with Gasteiger partial charge in [0.15, 0.2) is 5.96 Å². The number of rotatable bonds is 12. The summed E-state index contributed by atoms with van der Waals surface area (Å²) in [5, 5.41) is 6.77. The molecular formula is C23H42IN5O. The number of nitrogens with zero attached hydrogens (tertiary/aromatic N) is 3. The summed E-state index contributed by atoms with van der Waals surface area (Å²) in [6.07, 6.45) is 3.30. The summed E-state index contributed by atoms with van der Waals surface area (Å²) in [5.74, 6) is 0.938. The van der Waals surface area contributed by atoms with Crippen molar-refractivity contribution in [3.63, 3.8) is 0 Å². The molecule has 1 aromatic carbocycles. The first kappa shape index (κ1) is 27.0. The van der Waals surface area contributed by atoms with E-state index in [1.165, 1.54) is 11.3 Å². The molecule has 172 valence electrons. The predicted molar refractivity (Wildman–Crippen MR) is 140 cm³/mol. The lowest BCUT2D eigenvalue weighted by Gasteiger charge is -2.36. The summed E-state index contributed by atoms with van der Waals surface area (Å²) in [6.45, 7) is 16.3. The van der Waals surface area contributed by atoms with Gasteiger partial charge in [-0.1, -0.05) is 12.1 Å². The SMILES string of the molecule is CCNC(=NCCCN1CCN(c2cccc(C)c2)CC1)NCCCCOCC.I. The monoisotopic (exact) mass is 531 g/mol. The Hall–Kier alpha value is -1.06. The van der Waals surface area contributed by atoms with Crippen molar-refractivity contribution in [1.82, 2.24) is 15.5 Å². The largest absolute Gasteiger partial charge is 0.382 e. The van der Waals surface area contributed by atoms with Crippen molar-refractivity contribution in [2.45, 2.75) is 40.0 Å². The molecule has 0 unspecified atom stereocenters. The minimum atomic E-state index is 0. The third-order valence-corrected chi connectivity index (χ3v) is 5.20. The van der Waals surface area contributed by atoms with E-state index in [2.05, 4.69) is 58.5 Å². The van der Waals surface area contributed by atoms with Crippen LogP contribution in [0.5, 0.6) is 0 Å². The Labute approximate surface area is 200 Å². The Bertz CT molecular complexity index is 591. The van der Waals surface area contributed by atoms with E-state index in [1.54, 1.807) is 0 Å². The molecular weight excluding hydrogens is 489 g/mol. The Kier molecular flexibility index (Phi) is 14.9. The van der Waals surface area contributed by atoms with Gasteiger partial charge in [0.1, 0.15) is 0 Å². The third kappa shape index (κ3) is 10.8. The number of aryl methyl sites for hydroxylation is 1. The Morgan fingerprint density at radius 3 is 2.57 bits per heavy atom. The molecule has 0 amide bonds. The van der Waals surface area contributed by atoms with Crippen LogP contribution in [0.15, 0.2) is 29.3 Å². The van der Waals surface area contributed by atoms with Gasteiger partial charge in [-0.25, -0.2) is 0 Å². The Balaban J connectivity index is 0.00000450. The summed E-state index contributed by atoms with van der Waals surface area (Å²) < 4.78 is 5.38. The minimum absolute atomic E-state index is 0. The van der Waals surface area contributed by atoms with Crippen LogP contribution in [0.4, 0.5) is 5.69 Å². The molecule has 1 aliphatic rings. The normalized spacial score (nSPS) is 15.0. The van der Waals surface area contributed by atoms with Crippen LogP contribution in [0.1, 0.15) is 38.7 Å². The highest BCUT2D eigenvalue weighted by atomic mass is 127. The molecule has 1 saturated heterocycles. The van der Waals surface area contributed by atoms with Crippen LogP contribution in [0, 0.1) is 6.92 Å². The quantitative estimate of drug-likeness (QED) is 0.187. The van der Waals surface area contributed by atoms with Gasteiger partial charge in [-0.05, 0) is 57.7 Å². The van der Waals surface area contributed by atoms with Crippen molar-refractivity contribution in [3.05, 3.63) is 29.8 Å². The van der Waals surface area contributed by atoms with E-state index in [0.717, 1.165) is 90.8 Å². The van der Waals surface area contributed by atoms with Crippen LogP contribution >= 0.6 is 24.0 Å². The maximum absolute atomic E-state index is 5.38. The van der Waals surface area contributed by atoms with Crippen LogP contribution in [-0.2, 0) is 4.74 Å². The molecule has 0 aromatic heterocycles. The van der Waals surface area contributed by atoms with Crippen LogP contribution in [0.2, 0.25) is 0 Å². The van der Waals surface area contributed by atoms with Gasteiger partial charge < -0.3 is 20.3 Å². The fourth-order valence-corrected chi connectivity index (χ4v) is 3.56. The summed E-state index contributed by atoms with van der Waals surface area (Å²) >= 11 is 0. The molecule has 1 aromatic rings. The lowest BCUT2D eigenvalue weighted by molar-refractivity contribution is 0.143. The van der Waals surface area contributed by atoms with E-state index < -0.39 is 0 Å². The number of benzene rings is 1. The van der Waals surface area contributed by atoms with Crippen molar-refractivity contribution in [1.29, 1.82) is 0 Å². The van der Waals surface area contributed by atoms with Gasteiger partial charge in [-0.3, -0.25) is 9.89 Å². The number of piperazine rings is 1. The molecule has 0 aliphatic carbocycles. The van der Waals surface area contributed by atoms with E-state index in [4.69, 9.17) is 9.73 Å². The first-order chi connectivity index (χ1) is 14.2. The zero-order valence-electron chi connectivity index (χ0n) is 19.2. The van der Waals surface area contributed by atoms with Gasteiger partial charge in [-0.2, -0.15) is 0 Å². The van der Waals surface area contributed by atoms with E-state index in [1.807, 2.05) is 6.92 Å². The fourth-order valence-electron chi connectivity index (χ4n) is 3.56. The van der Waals surface area contributed by atoms with Gasteiger partial charge in [0, 0.05) is 71.3 Å². The van der Waals surface area contributed by atoms with Gasteiger partial charge in [0.25, 0.3) is 0 Å². The second kappa shape index (κ2) is 16.6. The van der Waals surface area contributed by atoms with Crippen LogP contribution < -0.4 is 15.5 Å². The topological polar surface area (TPSA) is 52.1 Å². The minimum Gasteiger partial charge on any atom is -0.382 e. The zero-order valence-corrected chi connectivity index (χ0v) is 21.5. The van der Waals surface area contributed by atoms with Crippen molar-refractivity contribution in [2.24, 2.45) is 4.99 Å². The Morgan fingerprint density at radius 2 is 1.87 bits per heavy atom. The number of hydrogen-bond acceptors (Lipinski definition) is 4. The van der Waals surface area contributed by atoms with Gasteiger partial charge in [0.2, 0.25) is 0 Å². The smallest absolute Gasteiger partial charge is 0.191 e. The predicted octanol–water partition coefficient (Wildman–Crippen LogP) is 3.50. The highest BCUT2D eigenvalue weighted by molar-refractivity contribution is 14.0. The van der Waals surface area contributed by atoms with Crippen molar-refractivity contribution < 1.29 is 4.74 Å². The number of anilines is 1. The Morgan fingerprint density at radius 1 is 1.07 bits per heavy atom. The maximum Gasteiger partial charge on any atom is 0.191 e. The number of hydrogen-bond donors (Lipinski definition) is 2. The third-order valence-electron chi connectivity index (χ3n) is 5.20. The molecule has 0 radical (unpaired) electrons. The van der Waals surface area contributed by atoms with Crippen molar-refractivity contribution in [3.8, 4) is 0 Å². The number of unbranched alkanes of at least 4 members (excludes halogenated alkanes) is 1. The molecule has 2 N–H and O–H groups in total. The molecule has 0 saturated carbocycles. The summed E-state index contributed by atoms with van der Waals surface area (Å²) in [4.78, 5) is 9.80. The van der Waals surface area contributed by atoms with Gasteiger partial charge >= 0.3 is 0 Å². The summed E-state index contributed by atoms with van der Waals surface area (Å²) in [6, 6.07) is 8.83. The highest BCUT2D eigenvalue weighted by Gasteiger charge is 2.16. The van der Waals surface area contributed by atoms with Crippen LogP contribution in [-0.4, -0.2) is 76.4 Å². The molecule has 7 heteroatoms.